The van der Waals surface area contributed by atoms with E-state index in [1.807, 2.05) is 19.0 Å². The van der Waals surface area contributed by atoms with Gasteiger partial charge in [-0.1, -0.05) is 12.1 Å². The molecule has 2 aliphatic rings. The summed E-state index contributed by atoms with van der Waals surface area (Å²) >= 11 is 0. The number of hydrogen-bond acceptors (Lipinski definition) is 8. The molecule has 184 valence electrons. The van der Waals surface area contributed by atoms with Crippen molar-refractivity contribution in [1.82, 2.24) is 9.80 Å². The first-order valence-electron chi connectivity index (χ1n) is 11.3. The van der Waals surface area contributed by atoms with Gasteiger partial charge in [-0.05, 0) is 63.0 Å². The van der Waals surface area contributed by atoms with E-state index in [4.69, 9.17) is 14.2 Å². The lowest BCUT2D eigenvalue weighted by atomic mass is 9.94. The Morgan fingerprint density at radius 2 is 1.71 bits per heavy atom. The molecule has 0 aliphatic carbocycles. The predicted octanol–water partition coefficient (Wildman–Crippen LogP) is 2.62. The first-order valence-corrected chi connectivity index (χ1v) is 11.3. The van der Waals surface area contributed by atoms with Crippen LogP contribution in [0.5, 0.6) is 11.5 Å². The van der Waals surface area contributed by atoms with Crippen molar-refractivity contribution < 1.29 is 33.7 Å². The van der Waals surface area contributed by atoms with Crippen molar-refractivity contribution in [2.75, 3.05) is 47.5 Å². The molecule has 0 aromatic heterocycles. The average Bonchev–Trinajstić information content (AvgIpc) is 3.12. The van der Waals surface area contributed by atoms with Crippen molar-refractivity contribution in [3.63, 3.8) is 0 Å². The molecule has 0 saturated carbocycles. The summed E-state index contributed by atoms with van der Waals surface area (Å²) in [6.07, 6.45) is 0.640. The molecule has 2 heterocycles. The van der Waals surface area contributed by atoms with E-state index < -0.39 is 23.7 Å². The molecule has 1 amide bonds. The molecule has 1 saturated heterocycles. The third-order valence-corrected chi connectivity index (χ3v) is 6.01. The summed E-state index contributed by atoms with van der Waals surface area (Å²) in [5, 5.41) is 11.3. The fourth-order valence-corrected chi connectivity index (χ4v) is 4.28. The number of ketones is 1. The van der Waals surface area contributed by atoms with Crippen LogP contribution in [-0.4, -0.2) is 80.1 Å². The Morgan fingerprint density at radius 3 is 2.37 bits per heavy atom. The number of carbonyl (C=O) groups excluding carboxylic acids is 3. The number of amides is 1. The second-order valence-electron chi connectivity index (χ2n) is 8.62. The van der Waals surface area contributed by atoms with Crippen LogP contribution < -0.4 is 9.47 Å². The van der Waals surface area contributed by atoms with Gasteiger partial charge in [0.1, 0.15) is 19.0 Å². The first kappa shape index (κ1) is 24.3. The molecule has 1 atom stereocenters. The SMILES string of the molecule is COC(=O)c1ccc([C@@H]2/C(=C(/O)c3ccc4c(c3)OCCO4)C(=O)C(=O)N2CCCN(C)C)cc1. The van der Waals surface area contributed by atoms with E-state index in [1.165, 1.54) is 12.0 Å². The molecule has 4 rings (SSSR count). The third-order valence-electron chi connectivity index (χ3n) is 6.01. The zero-order chi connectivity index (χ0) is 25.1. The maximum Gasteiger partial charge on any atom is 0.337 e. The number of fused-ring (bicyclic) bond motifs is 1. The van der Waals surface area contributed by atoms with Gasteiger partial charge in [0.05, 0.1) is 24.3 Å². The molecule has 0 spiro atoms. The summed E-state index contributed by atoms with van der Waals surface area (Å²) in [7, 11) is 5.15. The number of hydrogen-bond donors (Lipinski definition) is 1. The predicted molar refractivity (Wildman–Crippen MR) is 127 cm³/mol. The smallest absolute Gasteiger partial charge is 0.337 e. The minimum absolute atomic E-state index is 0.0117. The van der Waals surface area contributed by atoms with E-state index in [9.17, 15) is 19.5 Å². The minimum atomic E-state index is -0.808. The molecule has 2 aliphatic heterocycles. The van der Waals surface area contributed by atoms with E-state index in [0.29, 0.717) is 54.4 Å². The molecule has 0 unspecified atom stereocenters. The third kappa shape index (κ3) is 4.85. The molecule has 2 aromatic carbocycles. The zero-order valence-corrected chi connectivity index (χ0v) is 19.9. The van der Waals surface area contributed by atoms with Gasteiger partial charge in [-0.25, -0.2) is 4.79 Å². The highest BCUT2D eigenvalue weighted by atomic mass is 16.6. The second kappa shape index (κ2) is 10.2. The van der Waals surface area contributed by atoms with Crippen molar-refractivity contribution in [3.8, 4) is 11.5 Å². The second-order valence-corrected chi connectivity index (χ2v) is 8.62. The van der Waals surface area contributed by atoms with Crippen LogP contribution in [0.2, 0.25) is 0 Å². The lowest BCUT2D eigenvalue weighted by Crippen LogP contribution is -2.32. The Bertz CT molecular complexity index is 1170. The number of benzene rings is 2. The number of Topliss-reactive ketones (excluding diaryl/α,β-unsaturated/α-hetero) is 1. The van der Waals surface area contributed by atoms with Gasteiger partial charge in [-0.3, -0.25) is 9.59 Å². The summed E-state index contributed by atoms with van der Waals surface area (Å²) in [6.45, 7) is 1.85. The summed E-state index contributed by atoms with van der Waals surface area (Å²) < 4.78 is 15.9. The average molecular weight is 481 g/mol. The van der Waals surface area contributed by atoms with Crippen molar-refractivity contribution >= 4 is 23.4 Å². The quantitative estimate of drug-likeness (QED) is 0.279. The largest absolute Gasteiger partial charge is 0.507 e. The maximum atomic E-state index is 13.2. The standard InChI is InChI=1S/C26H28N2O7/c1-27(2)11-4-12-28-22(16-5-7-17(8-6-16)26(32)33-3)21(24(30)25(28)31)23(29)18-9-10-19-20(15-18)35-14-13-34-19/h5-10,15,22,29H,4,11-14H2,1-3H3/b23-21-/t22-/m1/s1. The zero-order valence-electron chi connectivity index (χ0n) is 19.9. The van der Waals surface area contributed by atoms with Crippen LogP contribution in [0.15, 0.2) is 48.0 Å². The van der Waals surface area contributed by atoms with Gasteiger partial charge in [0.2, 0.25) is 0 Å². The fourth-order valence-electron chi connectivity index (χ4n) is 4.28. The molecule has 1 N–H and O–H groups in total. The van der Waals surface area contributed by atoms with Crippen molar-refractivity contribution in [1.29, 1.82) is 0 Å². The lowest BCUT2D eigenvalue weighted by molar-refractivity contribution is -0.139. The maximum absolute atomic E-state index is 13.2. The van der Waals surface area contributed by atoms with Crippen LogP contribution in [0.25, 0.3) is 5.76 Å². The highest BCUT2D eigenvalue weighted by Crippen LogP contribution is 2.41. The lowest BCUT2D eigenvalue weighted by Gasteiger charge is -2.26. The van der Waals surface area contributed by atoms with E-state index in [-0.39, 0.29) is 11.3 Å². The normalized spacial score (nSPS) is 18.7. The van der Waals surface area contributed by atoms with Crippen molar-refractivity contribution in [2.24, 2.45) is 0 Å². The van der Waals surface area contributed by atoms with E-state index in [0.717, 1.165) is 6.54 Å². The monoisotopic (exact) mass is 480 g/mol. The van der Waals surface area contributed by atoms with E-state index in [1.54, 1.807) is 42.5 Å². The van der Waals surface area contributed by atoms with Gasteiger partial charge in [0.15, 0.2) is 11.5 Å². The van der Waals surface area contributed by atoms with Crippen LogP contribution >= 0.6 is 0 Å². The number of carbonyl (C=O) groups is 3. The van der Waals surface area contributed by atoms with E-state index >= 15 is 0 Å². The number of aliphatic hydroxyl groups excluding tert-OH is 1. The molecular weight excluding hydrogens is 452 g/mol. The molecule has 0 radical (unpaired) electrons. The Morgan fingerprint density at radius 1 is 1.06 bits per heavy atom. The minimum Gasteiger partial charge on any atom is -0.507 e. The Labute approximate surface area is 203 Å². The van der Waals surface area contributed by atoms with Crippen LogP contribution in [0, 0.1) is 0 Å². The van der Waals surface area contributed by atoms with Crippen LogP contribution in [0.3, 0.4) is 0 Å². The number of rotatable bonds is 7. The molecule has 0 bridgehead atoms. The van der Waals surface area contributed by atoms with Gasteiger partial charge in [-0.2, -0.15) is 0 Å². The van der Waals surface area contributed by atoms with Gasteiger partial charge in [0.25, 0.3) is 11.7 Å². The number of likely N-dealkylation sites (tertiary alicyclic amines) is 1. The number of aliphatic hydroxyl groups is 1. The van der Waals surface area contributed by atoms with Gasteiger partial charge < -0.3 is 29.1 Å². The van der Waals surface area contributed by atoms with Crippen molar-refractivity contribution in [3.05, 3.63) is 64.7 Å². The van der Waals surface area contributed by atoms with Crippen molar-refractivity contribution in [2.45, 2.75) is 12.5 Å². The summed E-state index contributed by atoms with van der Waals surface area (Å²) in [4.78, 5) is 41.6. The highest BCUT2D eigenvalue weighted by molar-refractivity contribution is 6.46. The molecule has 35 heavy (non-hydrogen) atoms. The Hall–Kier alpha value is -3.85. The van der Waals surface area contributed by atoms with Crippen LogP contribution in [0.4, 0.5) is 0 Å². The molecule has 1 fully saturated rings. The molecule has 9 nitrogen and oxygen atoms in total. The number of nitrogens with zero attached hydrogens (tertiary/aromatic N) is 2. The topological polar surface area (TPSA) is 106 Å². The fraction of sp³-hybridized carbons (Fsp3) is 0.346. The summed E-state index contributed by atoms with van der Waals surface area (Å²) in [6, 6.07) is 10.6. The van der Waals surface area contributed by atoms with Gasteiger partial charge in [-0.15, -0.1) is 0 Å². The highest BCUT2D eigenvalue weighted by Gasteiger charge is 2.45. The van der Waals surface area contributed by atoms with Gasteiger partial charge in [0, 0.05) is 12.1 Å². The number of ether oxygens (including phenoxy) is 3. The summed E-state index contributed by atoms with van der Waals surface area (Å²) in [5.74, 6) is -1.22. The Kier molecular flexibility index (Phi) is 7.07. The Balaban J connectivity index is 1.77. The van der Waals surface area contributed by atoms with Crippen LogP contribution in [0.1, 0.15) is 33.9 Å². The molecular formula is C26H28N2O7. The van der Waals surface area contributed by atoms with Crippen LogP contribution in [-0.2, 0) is 14.3 Å². The summed E-state index contributed by atoms with van der Waals surface area (Å²) in [5.41, 5.74) is 1.27. The van der Waals surface area contributed by atoms with E-state index in [2.05, 4.69) is 0 Å². The number of esters is 1. The first-order chi connectivity index (χ1) is 16.8. The molecule has 9 heteroatoms. The van der Waals surface area contributed by atoms with Gasteiger partial charge >= 0.3 is 5.97 Å². The number of methoxy groups -OCH3 is 1. The molecule has 2 aromatic rings.